The lowest BCUT2D eigenvalue weighted by atomic mass is 10.2. The van der Waals surface area contributed by atoms with Crippen molar-refractivity contribution in [2.45, 2.75) is 26.3 Å². The Hall–Kier alpha value is -1.76. The molecule has 1 aromatic carbocycles. The minimum atomic E-state index is -0.497. The van der Waals surface area contributed by atoms with Crippen LogP contribution in [0.5, 0.6) is 0 Å². The van der Waals surface area contributed by atoms with Gasteiger partial charge in [-0.25, -0.2) is 13.9 Å². The zero-order chi connectivity index (χ0) is 15.4. The van der Waals surface area contributed by atoms with Gasteiger partial charge in [-0.1, -0.05) is 40.6 Å². The van der Waals surface area contributed by atoms with E-state index in [2.05, 4.69) is 26.2 Å². The molecule has 1 aromatic heterocycles. The first-order valence-corrected chi connectivity index (χ1v) is 7.30. The van der Waals surface area contributed by atoms with Crippen molar-refractivity contribution in [2.24, 2.45) is 0 Å². The van der Waals surface area contributed by atoms with E-state index in [9.17, 15) is 9.18 Å². The summed E-state index contributed by atoms with van der Waals surface area (Å²) in [5, 5.41) is 7.91. The van der Waals surface area contributed by atoms with Crippen LogP contribution >= 0.6 is 15.9 Å². The molecule has 0 unspecified atom stereocenters. The normalized spacial score (nSPS) is 10.7. The van der Waals surface area contributed by atoms with Crippen LogP contribution in [-0.2, 0) is 17.7 Å². The van der Waals surface area contributed by atoms with Gasteiger partial charge in [0.15, 0.2) is 5.69 Å². The first-order chi connectivity index (χ1) is 10.1. The first kappa shape index (κ1) is 15.6. The Morgan fingerprint density at radius 2 is 2.24 bits per heavy atom. The maximum atomic E-state index is 13.1. The highest BCUT2D eigenvalue weighted by Crippen LogP contribution is 2.20. The number of carbonyl (C=O) groups excluding carboxylic acids is 1. The van der Waals surface area contributed by atoms with Gasteiger partial charge in [0.2, 0.25) is 0 Å². The molecular formula is C14H15BrFN3O2. The molecule has 7 heteroatoms. The number of benzene rings is 1. The van der Waals surface area contributed by atoms with E-state index in [4.69, 9.17) is 4.74 Å². The van der Waals surface area contributed by atoms with Crippen LogP contribution in [-0.4, -0.2) is 28.1 Å². The van der Waals surface area contributed by atoms with Gasteiger partial charge in [-0.3, -0.25) is 0 Å². The zero-order valence-electron chi connectivity index (χ0n) is 11.8. The fraction of sp³-hybridized carbons (Fsp3) is 0.357. The summed E-state index contributed by atoms with van der Waals surface area (Å²) in [5.74, 6) is -0.809. The second kappa shape index (κ2) is 6.80. The Morgan fingerprint density at radius 3 is 2.86 bits per heavy atom. The standard InChI is InChI=1S/C14H15BrFN3O2/c1-3-4-12-13(14(20)21-2)17-18-19(12)8-9-5-6-10(16)7-11(9)15/h5-7H,3-4,8H2,1-2H3. The van der Waals surface area contributed by atoms with Crippen molar-refractivity contribution in [3.8, 4) is 0 Å². The molecule has 1 heterocycles. The summed E-state index contributed by atoms with van der Waals surface area (Å²) in [6.45, 7) is 2.41. The van der Waals surface area contributed by atoms with Crippen LogP contribution < -0.4 is 0 Å². The number of aromatic nitrogens is 3. The van der Waals surface area contributed by atoms with Crippen molar-refractivity contribution in [1.29, 1.82) is 0 Å². The minimum absolute atomic E-state index is 0.234. The van der Waals surface area contributed by atoms with Crippen LogP contribution in [0, 0.1) is 5.82 Å². The Morgan fingerprint density at radius 1 is 1.48 bits per heavy atom. The largest absolute Gasteiger partial charge is 0.464 e. The third kappa shape index (κ3) is 3.47. The van der Waals surface area contributed by atoms with Crippen molar-refractivity contribution in [3.63, 3.8) is 0 Å². The quantitative estimate of drug-likeness (QED) is 0.773. The Labute approximate surface area is 130 Å². The third-order valence-corrected chi connectivity index (χ3v) is 3.78. The number of nitrogens with zero attached hydrogens (tertiary/aromatic N) is 3. The van der Waals surface area contributed by atoms with Crippen LogP contribution in [0.3, 0.4) is 0 Å². The van der Waals surface area contributed by atoms with Gasteiger partial charge < -0.3 is 4.74 Å². The molecule has 5 nitrogen and oxygen atoms in total. The number of halogens is 2. The predicted molar refractivity (Wildman–Crippen MR) is 78.6 cm³/mol. The van der Waals surface area contributed by atoms with Gasteiger partial charge in [0.1, 0.15) is 5.82 Å². The van der Waals surface area contributed by atoms with E-state index < -0.39 is 5.97 Å². The predicted octanol–water partition coefficient (Wildman–Crippen LogP) is 2.97. The summed E-state index contributed by atoms with van der Waals surface area (Å²) in [7, 11) is 1.31. The number of rotatable bonds is 5. The number of hydrogen-bond acceptors (Lipinski definition) is 4. The summed E-state index contributed by atoms with van der Waals surface area (Å²) >= 11 is 3.32. The van der Waals surface area contributed by atoms with Gasteiger partial charge in [-0.2, -0.15) is 0 Å². The number of carbonyl (C=O) groups is 1. The fourth-order valence-electron chi connectivity index (χ4n) is 2.01. The molecule has 0 saturated carbocycles. The second-order valence-corrected chi connectivity index (χ2v) is 5.37. The van der Waals surface area contributed by atoms with Gasteiger partial charge in [0, 0.05) is 4.47 Å². The minimum Gasteiger partial charge on any atom is -0.464 e. The molecule has 0 fully saturated rings. The van der Waals surface area contributed by atoms with Crippen molar-refractivity contribution < 1.29 is 13.9 Å². The van der Waals surface area contributed by atoms with Crippen LogP contribution in [0.15, 0.2) is 22.7 Å². The van der Waals surface area contributed by atoms with Gasteiger partial charge in [-0.05, 0) is 24.1 Å². The van der Waals surface area contributed by atoms with E-state index in [0.717, 1.165) is 17.7 Å². The molecule has 0 radical (unpaired) electrons. The molecule has 0 aliphatic rings. The monoisotopic (exact) mass is 355 g/mol. The Bertz CT molecular complexity index is 658. The first-order valence-electron chi connectivity index (χ1n) is 6.51. The summed E-state index contributed by atoms with van der Waals surface area (Å²) < 4.78 is 20.1. The van der Waals surface area contributed by atoms with Gasteiger partial charge in [0.05, 0.1) is 19.3 Å². The zero-order valence-corrected chi connectivity index (χ0v) is 13.4. The van der Waals surface area contributed by atoms with E-state index in [1.54, 1.807) is 10.7 Å². The summed E-state index contributed by atoms with van der Waals surface area (Å²) in [6, 6.07) is 4.46. The number of hydrogen-bond donors (Lipinski definition) is 0. The molecule has 2 rings (SSSR count). The van der Waals surface area contributed by atoms with Crippen molar-refractivity contribution >= 4 is 21.9 Å². The van der Waals surface area contributed by atoms with Crippen LogP contribution in [0.25, 0.3) is 0 Å². The molecule has 0 N–H and O–H groups in total. The lowest BCUT2D eigenvalue weighted by Gasteiger charge is -2.08. The van der Waals surface area contributed by atoms with E-state index in [-0.39, 0.29) is 11.5 Å². The molecule has 0 amide bonds. The summed E-state index contributed by atoms with van der Waals surface area (Å²) in [4.78, 5) is 11.7. The fourth-order valence-corrected chi connectivity index (χ4v) is 2.49. The highest BCUT2D eigenvalue weighted by molar-refractivity contribution is 9.10. The maximum absolute atomic E-state index is 13.1. The van der Waals surface area contributed by atoms with Crippen molar-refractivity contribution in [3.05, 3.63) is 45.4 Å². The average molecular weight is 356 g/mol. The second-order valence-electron chi connectivity index (χ2n) is 4.52. The molecule has 0 bridgehead atoms. The highest BCUT2D eigenvalue weighted by atomic mass is 79.9. The number of methoxy groups -OCH3 is 1. The SMILES string of the molecule is CCCc1c(C(=O)OC)nnn1Cc1ccc(F)cc1Br. The van der Waals surface area contributed by atoms with E-state index in [1.807, 2.05) is 6.92 Å². The molecule has 0 spiro atoms. The molecule has 0 saturated heterocycles. The summed E-state index contributed by atoms with van der Waals surface area (Å²) in [6.07, 6.45) is 1.51. The van der Waals surface area contributed by atoms with Crippen molar-refractivity contribution in [1.82, 2.24) is 15.0 Å². The number of ether oxygens (including phenoxy) is 1. The molecular weight excluding hydrogens is 341 g/mol. The topological polar surface area (TPSA) is 57.0 Å². The summed E-state index contributed by atoms with van der Waals surface area (Å²) in [5.41, 5.74) is 1.81. The Kier molecular flexibility index (Phi) is 5.06. The van der Waals surface area contributed by atoms with Crippen LogP contribution in [0.1, 0.15) is 35.1 Å². The van der Waals surface area contributed by atoms with Crippen LogP contribution in [0.4, 0.5) is 4.39 Å². The van der Waals surface area contributed by atoms with Crippen LogP contribution in [0.2, 0.25) is 0 Å². The smallest absolute Gasteiger partial charge is 0.360 e. The van der Waals surface area contributed by atoms with Gasteiger partial charge in [-0.15, -0.1) is 5.10 Å². The molecule has 112 valence electrons. The van der Waals surface area contributed by atoms with Crippen molar-refractivity contribution in [2.75, 3.05) is 7.11 Å². The molecule has 0 aliphatic carbocycles. The van der Waals surface area contributed by atoms with E-state index in [0.29, 0.717) is 17.4 Å². The highest BCUT2D eigenvalue weighted by Gasteiger charge is 2.20. The van der Waals surface area contributed by atoms with E-state index in [1.165, 1.54) is 19.2 Å². The Balaban J connectivity index is 2.35. The lowest BCUT2D eigenvalue weighted by molar-refractivity contribution is 0.0592. The van der Waals surface area contributed by atoms with E-state index >= 15 is 0 Å². The molecule has 0 atom stereocenters. The van der Waals surface area contributed by atoms with Gasteiger partial charge in [0.25, 0.3) is 0 Å². The molecule has 2 aromatic rings. The maximum Gasteiger partial charge on any atom is 0.360 e. The molecule has 0 aliphatic heterocycles. The van der Waals surface area contributed by atoms with Gasteiger partial charge >= 0.3 is 5.97 Å². The third-order valence-electron chi connectivity index (χ3n) is 3.04. The lowest BCUT2D eigenvalue weighted by Crippen LogP contribution is -2.11. The number of esters is 1. The molecule has 21 heavy (non-hydrogen) atoms. The average Bonchev–Trinajstić information content (AvgIpc) is 2.84.